The maximum absolute atomic E-state index is 12.4. The summed E-state index contributed by atoms with van der Waals surface area (Å²) >= 11 is 0. The molecule has 0 radical (unpaired) electrons. The molecule has 0 spiro atoms. The van der Waals surface area contributed by atoms with Gasteiger partial charge < -0.3 is 9.80 Å². The highest BCUT2D eigenvalue weighted by atomic mass is 16.2. The van der Waals surface area contributed by atoms with E-state index in [-0.39, 0.29) is 5.91 Å². The van der Waals surface area contributed by atoms with Gasteiger partial charge in [0.2, 0.25) is 0 Å². The van der Waals surface area contributed by atoms with Gasteiger partial charge in [0, 0.05) is 32.9 Å². The van der Waals surface area contributed by atoms with Gasteiger partial charge in [-0.05, 0) is 31.4 Å². The number of para-hydroxylation sites is 1. The number of amides is 1. The quantitative estimate of drug-likeness (QED) is 0.781. The first-order chi connectivity index (χ1) is 8.20. The third-order valence-electron chi connectivity index (χ3n) is 3.26. The summed E-state index contributed by atoms with van der Waals surface area (Å²) in [5.41, 5.74) is 1.82. The second kappa shape index (κ2) is 5.21. The number of piperidine rings is 1. The zero-order valence-corrected chi connectivity index (χ0v) is 10.6. The van der Waals surface area contributed by atoms with Gasteiger partial charge in [0.15, 0.2) is 0 Å². The molecule has 0 aromatic heterocycles. The van der Waals surface area contributed by atoms with Crippen LogP contribution in [0.3, 0.4) is 0 Å². The molecular weight excluding hydrogens is 212 g/mol. The number of nitrogens with zero attached hydrogens (tertiary/aromatic N) is 2. The molecule has 0 saturated carbocycles. The van der Waals surface area contributed by atoms with E-state index in [0.717, 1.165) is 37.2 Å². The summed E-state index contributed by atoms with van der Waals surface area (Å²) < 4.78 is 0. The largest absolute Gasteiger partial charge is 0.377 e. The summed E-state index contributed by atoms with van der Waals surface area (Å²) in [7, 11) is 3.95. The normalized spacial score (nSPS) is 15.8. The van der Waals surface area contributed by atoms with Gasteiger partial charge in [0.25, 0.3) is 5.91 Å². The number of benzene rings is 1. The molecule has 92 valence electrons. The van der Waals surface area contributed by atoms with Crippen molar-refractivity contribution in [3.05, 3.63) is 29.8 Å². The molecule has 0 unspecified atom stereocenters. The van der Waals surface area contributed by atoms with Gasteiger partial charge in [-0.3, -0.25) is 4.79 Å². The van der Waals surface area contributed by atoms with Crippen molar-refractivity contribution in [3.63, 3.8) is 0 Å². The van der Waals surface area contributed by atoms with Gasteiger partial charge in [-0.2, -0.15) is 0 Å². The van der Waals surface area contributed by atoms with Crippen LogP contribution in [0.2, 0.25) is 0 Å². The van der Waals surface area contributed by atoms with Crippen molar-refractivity contribution >= 4 is 11.6 Å². The minimum absolute atomic E-state index is 0.175. The fourth-order valence-electron chi connectivity index (χ4n) is 2.31. The molecule has 1 fully saturated rings. The van der Waals surface area contributed by atoms with Crippen LogP contribution >= 0.6 is 0 Å². The summed E-state index contributed by atoms with van der Waals surface area (Å²) in [6.45, 7) is 1.81. The number of carbonyl (C=O) groups is 1. The fraction of sp³-hybridized carbons (Fsp3) is 0.500. The Hall–Kier alpha value is -1.51. The highest BCUT2D eigenvalue weighted by Crippen LogP contribution is 2.21. The number of carbonyl (C=O) groups excluding carboxylic acids is 1. The average molecular weight is 232 g/mol. The molecule has 17 heavy (non-hydrogen) atoms. The summed E-state index contributed by atoms with van der Waals surface area (Å²) in [6.07, 6.45) is 3.52. The van der Waals surface area contributed by atoms with E-state index in [0.29, 0.717) is 0 Å². The van der Waals surface area contributed by atoms with Crippen LogP contribution in [0.4, 0.5) is 5.69 Å². The van der Waals surface area contributed by atoms with Gasteiger partial charge in [-0.25, -0.2) is 0 Å². The van der Waals surface area contributed by atoms with Crippen LogP contribution in [0, 0.1) is 0 Å². The van der Waals surface area contributed by atoms with Crippen LogP contribution in [-0.4, -0.2) is 38.0 Å². The van der Waals surface area contributed by atoms with Gasteiger partial charge in [0.05, 0.1) is 5.56 Å². The number of rotatable bonds is 2. The first-order valence-corrected chi connectivity index (χ1v) is 6.26. The highest BCUT2D eigenvalue weighted by molar-refractivity contribution is 5.99. The van der Waals surface area contributed by atoms with E-state index in [4.69, 9.17) is 0 Å². The minimum Gasteiger partial charge on any atom is -0.377 e. The number of anilines is 1. The Kier molecular flexibility index (Phi) is 3.67. The van der Waals surface area contributed by atoms with Crippen LogP contribution in [-0.2, 0) is 0 Å². The minimum atomic E-state index is 0.175. The molecule has 1 aromatic carbocycles. The standard InChI is InChI=1S/C14H20N2O/c1-15(2)13-9-5-4-8-12(13)14(17)16-10-6-3-7-11-16/h4-5,8-9H,3,6-7,10-11H2,1-2H3. The van der Waals surface area contributed by atoms with Crippen molar-refractivity contribution in [2.24, 2.45) is 0 Å². The lowest BCUT2D eigenvalue weighted by atomic mass is 10.1. The molecule has 3 nitrogen and oxygen atoms in total. The molecule has 1 saturated heterocycles. The SMILES string of the molecule is CN(C)c1ccccc1C(=O)N1CCCCC1. The molecule has 1 amide bonds. The van der Waals surface area contributed by atoms with Crippen LogP contribution in [0.15, 0.2) is 24.3 Å². The molecule has 0 atom stereocenters. The molecule has 1 aromatic rings. The second-order valence-electron chi connectivity index (χ2n) is 4.76. The summed E-state index contributed by atoms with van der Waals surface area (Å²) in [6, 6.07) is 7.83. The maximum Gasteiger partial charge on any atom is 0.255 e. The fourth-order valence-corrected chi connectivity index (χ4v) is 2.31. The lowest BCUT2D eigenvalue weighted by molar-refractivity contribution is 0.0725. The van der Waals surface area contributed by atoms with Gasteiger partial charge in [-0.15, -0.1) is 0 Å². The lowest BCUT2D eigenvalue weighted by Gasteiger charge is -2.28. The van der Waals surface area contributed by atoms with E-state index in [2.05, 4.69) is 0 Å². The zero-order chi connectivity index (χ0) is 12.3. The number of hydrogen-bond donors (Lipinski definition) is 0. The van der Waals surface area contributed by atoms with Crippen molar-refractivity contribution in [1.82, 2.24) is 4.90 Å². The van der Waals surface area contributed by atoms with Crippen molar-refractivity contribution in [1.29, 1.82) is 0 Å². The van der Waals surface area contributed by atoms with Crippen molar-refractivity contribution < 1.29 is 4.79 Å². The molecular formula is C14H20N2O. The molecule has 3 heteroatoms. The molecule has 0 bridgehead atoms. The highest BCUT2D eigenvalue weighted by Gasteiger charge is 2.20. The van der Waals surface area contributed by atoms with E-state index >= 15 is 0 Å². The smallest absolute Gasteiger partial charge is 0.255 e. The predicted octanol–water partition coefficient (Wildman–Crippen LogP) is 2.38. The number of likely N-dealkylation sites (tertiary alicyclic amines) is 1. The topological polar surface area (TPSA) is 23.6 Å². The zero-order valence-electron chi connectivity index (χ0n) is 10.6. The summed E-state index contributed by atoms with van der Waals surface area (Å²) in [5, 5.41) is 0. The first kappa shape index (κ1) is 12.0. The van der Waals surface area contributed by atoms with Crippen LogP contribution in [0.5, 0.6) is 0 Å². The Balaban J connectivity index is 2.23. The first-order valence-electron chi connectivity index (χ1n) is 6.26. The van der Waals surface area contributed by atoms with Crippen LogP contribution in [0.25, 0.3) is 0 Å². The Labute approximate surface area is 103 Å². The van der Waals surface area contributed by atoms with Crippen molar-refractivity contribution in [2.75, 3.05) is 32.1 Å². The van der Waals surface area contributed by atoms with E-state index < -0.39 is 0 Å². The average Bonchev–Trinajstić information content (AvgIpc) is 2.39. The van der Waals surface area contributed by atoms with Gasteiger partial charge in [-0.1, -0.05) is 12.1 Å². The molecule has 1 aliphatic rings. The van der Waals surface area contributed by atoms with Crippen LogP contribution in [0.1, 0.15) is 29.6 Å². The van der Waals surface area contributed by atoms with Crippen LogP contribution < -0.4 is 4.90 Å². The summed E-state index contributed by atoms with van der Waals surface area (Å²) in [5.74, 6) is 0.175. The third-order valence-corrected chi connectivity index (χ3v) is 3.26. The monoisotopic (exact) mass is 232 g/mol. The molecule has 0 aliphatic carbocycles. The second-order valence-corrected chi connectivity index (χ2v) is 4.76. The molecule has 2 rings (SSSR count). The van der Waals surface area contributed by atoms with Crippen molar-refractivity contribution in [2.45, 2.75) is 19.3 Å². The van der Waals surface area contributed by atoms with E-state index in [1.807, 2.05) is 48.2 Å². The third kappa shape index (κ3) is 2.60. The van der Waals surface area contributed by atoms with Crippen molar-refractivity contribution in [3.8, 4) is 0 Å². The predicted molar refractivity (Wildman–Crippen MR) is 70.5 cm³/mol. The Morgan fingerprint density at radius 3 is 2.41 bits per heavy atom. The maximum atomic E-state index is 12.4. The Morgan fingerprint density at radius 1 is 1.12 bits per heavy atom. The van der Waals surface area contributed by atoms with Gasteiger partial charge >= 0.3 is 0 Å². The van der Waals surface area contributed by atoms with Gasteiger partial charge in [0.1, 0.15) is 0 Å². The van der Waals surface area contributed by atoms with E-state index in [1.54, 1.807) is 0 Å². The summed E-state index contributed by atoms with van der Waals surface area (Å²) in [4.78, 5) is 16.4. The Morgan fingerprint density at radius 2 is 1.76 bits per heavy atom. The molecule has 1 aliphatic heterocycles. The number of hydrogen-bond acceptors (Lipinski definition) is 2. The molecule has 0 N–H and O–H groups in total. The Bertz CT molecular complexity index is 395. The lowest BCUT2D eigenvalue weighted by Crippen LogP contribution is -2.36. The van der Waals surface area contributed by atoms with E-state index in [9.17, 15) is 4.79 Å². The molecule has 1 heterocycles. The van der Waals surface area contributed by atoms with E-state index in [1.165, 1.54) is 6.42 Å².